The van der Waals surface area contributed by atoms with Gasteiger partial charge in [0.2, 0.25) is 10.0 Å². The number of aromatic amines is 1. The summed E-state index contributed by atoms with van der Waals surface area (Å²) in [5, 5.41) is 0.443. The van der Waals surface area contributed by atoms with Crippen molar-refractivity contribution in [2.24, 2.45) is 0 Å². The van der Waals surface area contributed by atoms with Crippen LogP contribution in [0.5, 0.6) is 0 Å². The van der Waals surface area contributed by atoms with Crippen LogP contribution in [0.1, 0.15) is 22.8 Å². The molecular formula is C21H16F2N4O3S. The van der Waals surface area contributed by atoms with Crippen LogP contribution in [0, 0.1) is 11.6 Å². The number of H-pyrrole nitrogens is 1. The van der Waals surface area contributed by atoms with Gasteiger partial charge in [-0.25, -0.2) is 22.2 Å². The van der Waals surface area contributed by atoms with E-state index >= 15 is 0 Å². The van der Waals surface area contributed by atoms with Gasteiger partial charge in [0.05, 0.1) is 11.3 Å². The SMILES string of the molecule is CCS(=O)(=O)Nc1c(F)ccc(C(=O)c2c[nH]c3ncc(-c4ccncc4)cc23)c1F. The van der Waals surface area contributed by atoms with E-state index in [9.17, 15) is 22.0 Å². The number of nitrogens with one attached hydrogen (secondary N) is 2. The minimum absolute atomic E-state index is 0.119. The number of halogens is 2. The Balaban J connectivity index is 1.80. The molecule has 3 aromatic heterocycles. The molecule has 31 heavy (non-hydrogen) atoms. The number of pyridine rings is 2. The van der Waals surface area contributed by atoms with Crippen molar-refractivity contribution in [2.45, 2.75) is 6.92 Å². The Kier molecular flexibility index (Phi) is 5.24. The lowest BCUT2D eigenvalue weighted by atomic mass is 10.0. The highest BCUT2D eigenvalue weighted by Gasteiger charge is 2.24. The third-order valence-corrected chi connectivity index (χ3v) is 6.04. The Morgan fingerprint density at radius 3 is 2.55 bits per heavy atom. The molecule has 0 saturated heterocycles. The fourth-order valence-electron chi connectivity index (χ4n) is 3.09. The molecule has 0 radical (unpaired) electrons. The van der Waals surface area contributed by atoms with E-state index in [1.54, 1.807) is 36.8 Å². The quantitative estimate of drug-likeness (QED) is 0.441. The van der Waals surface area contributed by atoms with Crippen molar-refractivity contribution in [3.63, 3.8) is 0 Å². The number of carbonyl (C=O) groups excluding carboxylic acids is 1. The number of sulfonamides is 1. The second-order valence-corrected chi connectivity index (χ2v) is 8.69. The van der Waals surface area contributed by atoms with Crippen LogP contribution in [0.15, 0.2) is 55.1 Å². The second kappa shape index (κ2) is 7.88. The van der Waals surface area contributed by atoms with Crippen LogP contribution in [-0.2, 0) is 10.0 Å². The molecule has 4 rings (SSSR count). The molecule has 1 aromatic carbocycles. The third kappa shape index (κ3) is 3.89. The molecule has 2 N–H and O–H groups in total. The number of benzene rings is 1. The minimum Gasteiger partial charge on any atom is -0.345 e. The van der Waals surface area contributed by atoms with E-state index in [2.05, 4.69) is 15.0 Å². The van der Waals surface area contributed by atoms with E-state index in [0.717, 1.165) is 23.3 Å². The van der Waals surface area contributed by atoms with Crippen molar-refractivity contribution in [1.82, 2.24) is 15.0 Å². The van der Waals surface area contributed by atoms with Crippen LogP contribution in [0.25, 0.3) is 22.2 Å². The third-order valence-electron chi connectivity index (χ3n) is 4.76. The van der Waals surface area contributed by atoms with E-state index in [0.29, 0.717) is 11.0 Å². The zero-order valence-electron chi connectivity index (χ0n) is 16.2. The molecule has 0 aliphatic heterocycles. The molecule has 0 unspecified atom stereocenters. The van der Waals surface area contributed by atoms with Gasteiger partial charge in [-0.1, -0.05) is 0 Å². The van der Waals surface area contributed by atoms with Crippen molar-refractivity contribution >= 4 is 32.5 Å². The van der Waals surface area contributed by atoms with Crippen molar-refractivity contribution in [3.8, 4) is 11.1 Å². The van der Waals surface area contributed by atoms with Gasteiger partial charge in [0.15, 0.2) is 11.6 Å². The standard InChI is InChI=1S/C21H16F2N4O3S/c1-2-31(29,30)27-19-17(22)4-3-14(18(19)23)20(28)16-11-26-21-15(16)9-13(10-25-21)12-5-7-24-8-6-12/h3-11,27H,2H2,1H3,(H,25,26). The number of anilines is 1. The summed E-state index contributed by atoms with van der Waals surface area (Å²) in [6, 6.07) is 7.12. The first-order chi connectivity index (χ1) is 14.8. The normalized spacial score (nSPS) is 11.6. The van der Waals surface area contributed by atoms with E-state index in [1.807, 2.05) is 4.72 Å². The van der Waals surface area contributed by atoms with Gasteiger partial charge < -0.3 is 4.98 Å². The molecule has 0 aliphatic carbocycles. The lowest BCUT2D eigenvalue weighted by molar-refractivity contribution is 0.103. The zero-order chi connectivity index (χ0) is 22.2. The first kappa shape index (κ1) is 20.6. The first-order valence-electron chi connectivity index (χ1n) is 9.21. The maximum absolute atomic E-state index is 15.0. The molecule has 4 aromatic rings. The number of rotatable bonds is 6. The molecule has 0 spiro atoms. The smallest absolute Gasteiger partial charge is 0.232 e. The maximum Gasteiger partial charge on any atom is 0.232 e. The Morgan fingerprint density at radius 2 is 1.84 bits per heavy atom. The minimum atomic E-state index is -3.95. The number of ketones is 1. The fourth-order valence-corrected chi connectivity index (χ4v) is 3.73. The van der Waals surface area contributed by atoms with Crippen LogP contribution >= 0.6 is 0 Å². The topological polar surface area (TPSA) is 105 Å². The summed E-state index contributed by atoms with van der Waals surface area (Å²) in [6.07, 6.45) is 6.25. The number of aromatic nitrogens is 3. The molecule has 3 heterocycles. The van der Waals surface area contributed by atoms with Crippen molar-refractivity contribution in [2.75, 3.05) is 10.5 Å². The van der Waals surface area contributed by atoms with Gasteiger partial charge >= 0.3 is 0 Å². The number of carbonyl (C=O) groups is 1. The summed E-state index contributed by atoms with van der Waals surface area (Å²) < 4.78 is 54.5. The summed E-state index contributed by atoms with van der Waals surface area (Å²) in [5.41, 5.74) is 0.727. The lowest BCUT2D eigenvalue weighted by Crippen LogP contribution is -2.18. The maximum atomic E-state index is 15.0. The summed E-state index contributed by atoms with van der Waals surface area (Å²) >= 11 is 0. The Hall–Kier alpha value is -3.66. The van der Waals surface area contributed by atoms with Gasteiger partial charge in [-0.15, -0.1) is 0 Å². The van der Waals surface area contributed by atoms with Crippen LogP contribution in [0.4, 0.5) is 14.5 Å². The average Bonchev–Trinajstić information content (AvgIpc) is 3.20. The highest BCUT2D eigenvalue weighted by molar-refractivity contribution is 7.92. The molecule has 10 heteroatoms. The molecule has 7 nitrogen and oxygen atoms in total. The van der Waals surface area contributed by atoms with Gasteiger partial charge in [-0.2, -0.15) is 0 Å². The van der Waals surface area contributed by atoms with Crippen LogP contribution in [0.2, 0.25) is 0 Å². The number of hydrogen-bond donors (Lipinski definition) is 2. The summed E-state index contributed by atoms with van der Waals surface area (Å²) in [6.45, 7) is 1.33. The average molecular weight is 442 g/mol. The second-order valence-electron chi connectivity index (χ2n) is 6.68. The molecule has 0 amide bonds. The predicted molar refractivity (Wildman–Crippen MR) is 112 cm³/mol. The lowest BCUT2D eigenvalue weighted by Gasteiger charge is -2.11. The summed E-state index contributed by atoms with van der Waals surface area (Å²) in [4.78, 5) is 24.2. The zero-order valence-corrected chi connectivity index (χ0v) is 17.0. The van der Waals surface area contributed by atoms with E-state index < -0.39 is 38.7 Å². The summed E-state index contributed by atoms with van der Waals surface area (Å²) in [7, 11) is -3.95. The van der Waals surface area contributed by atoms with Gasteiger partial charge in [0.1, 0.15) is 17.2 Å². The van der Waals surface area contributed by atoms with Gasteiger partial charge in [-0.3, -0.25) is 14.5 Å². The van der Waals surface area contributed by atoms with Crippen molar-refractivity contribution in [1.29, 1.82) is 0 Å². The molecule has 0 bridgehead atoms. The Morgan fingerprint density at radius 1 is 1.10 bits per heavy atom. The van der Waals surface area contributed by atoms with Gasteiger partial charge in [0, 0.05) is 41.3 Å². The Labute approximate surface area is 176 Å². The molecular weight excluding hydrogens is 426 g/mol. The predicted octanol–water partition coefficient (Wildman–Crippen LogP) is 3.90. The van der Waals surface area contributed by atoms with E-state index in [4.69, 9.17) is 0 Å². The Bertz CT molecular complexity index is 1400. The summed E-state index contributed by atoms with van der Waals surface area (Å²) in [5.74, 6) is -3.52. The highest BCUT2D eigenvalue weighted by atomic mass is 32.2. The number of hydrogen-bond acceptors (Lipinski definition) is 5. The number of fused-ring (bicyclic) bond motifs is 1. The van der Waals surface area contributed by atoms with Crippen LogP contribution < -0.4 is 4.72 Å². The van der Waals surface area contributed by atoms with Crippen LogP contribution in [-0.4, -0.2) is 34.9 Å². The molecule has 0 aliphatic rings. The molecule has 0 fully saturated rings. The monoisotopic (exact) mass is 442 g/mol. The number of nitrogens with zero attached hydrogens (tertiary/aromatic N) is 2. The van der Waals surface area contributed by atoms with Crippen LogP contribution in [0.3, 0.4) is 0 Å². The van der Waals surface area contributed by atoms with Crippen molar-refractivity contribution in [3.05, 3.63) is 77.9 Å². The largest absolute Gasteiger partial charge is 0.345 e. The van der Waals surface area contributed by atoms with E-state index in [-0.39, 0.29) is 11.3 Å². The first-order valence-corrected chi connectivity index (χ1v) is 10.9. The molecule has 0 saturated carbocycles. The van der Waals surface area contributed by atoms with Gasteiger partial charge in [0.25, 0.3) is 0 Å². The molecule has 158 valence electrons. The highest BCUT2D eigenvalue weighted by Crippen LogP contribution is 2.29. The van der Waals surface area contributed by atoms with Gasteiger partial charge in [-0.05, 0) is 42.8 Å². The van der Waals surface area contributed by atoms with E-state index in [1.165, 1.54) is 13.1 Å². The fraction of sp³-hybridized carbons (Fsp3) is 0.0952. The molecule has 0 atom stereocenters. The van der Waals surface area contributed by atoms with Crippen molar-refractivity contribution < 1.29 is 22.0 Å².